The van der Waals surface area contributed by atoms with E-state index in [2.05, 4.69) is 53.1 Å². The van der Waals surface area contributed by atoms with Gasteiger partial charge in [0, 0.05) is 47.1 Å². The zero-order chi connectivity index (χ0) is 30.8. The first kappa shape index (κ1) is 31.3. The molecule has 3 heterocycles. The smallest absolute Gasteiger partial charge is 0.263 e. The number of aryl methyl sites for hydroxylation is 1. The van der Waals surface area contributed by atoms with Gasteiger partial charge in [0.1, 0.15) is 16.7 Å². The summed E-state index contributed by atoms with van der Waals surface area (Å²) >= 11 is 8.17. The Morgan fingerprint density at radius 1 is 1.16 bits per heavy atom. The number of anilines is 1. The van der Waals surface area contributed by atoms with Crippen LogP contribution in [0.3, 0.4) is 0 Å². The molecule has 7 unspecified atom stereocenters. The molecule has 234 valence electrons. The van der Waals surface area contributed by atoms with Crippen LogP contribution in [0.25, 0.3) is 0 Å². The fourth-order valence-electron chi connectivity index (χ4n) is 6.93. The molecule has 3 aromatic rings. The number of nitrogens with zero attached hydrogens (tertiary/aromatic N) is 2. The zero-order valence-corrected chi connectivity index (χ0v) is 28.1. The minimum absolute atomic E-state index is 0.145. The molecule has 6 rings (SSSR count). The largest absolute Gasteiger partial charge is 0.491 e. The maximum Gasteiger partial charge on any atom is 0.263 e. The molecule has 7 atom stereocenters. The molecule has 2 aliphatic heterocycles. The summed E-state index contributed by atoms with van der Waals surface area (Å²) in [7, 11) is -1.51. The summed E-state index contributed by atoms with van der Waals surface area (Å²) in [6, 6.07) is 11.9. The third-order valence-electron chi connectivity index (χ3n) is 9.82. The number of thiazole rings is 1. The second kappa shape index (κ2) is 13.8. The highest BCUT2D eigenvalue weighted by Gasteiger charge is 2.40. The lowest BCUT2D eigenvalue weighted by atomic mass is 9.66. The Morgan fingerprint density at radius 3 is 2.77 bits per heavy atom. The number of benzene rings is 2. The lowest BCUT2D eigenvalue weighted by molar-refractivity contribution is 0.0982. The van der Waals surface area contributed by atoms with Crippen molar-refractivity contribution in [3.63, 3.8) is 0 Å². The second-order valence-corrected chi connectivity index (χ2v) is 15.6. The first-order valence-electron chi connectivity index (χ1n) is 15.9. The van der Waals surface area contributed by atoms with Gasteiger partial charge in [-0.15, -0.1) is 11.3 Å². The number of allylic oxidation sites excluding steroid dienone is 2. The maximum absolute atomic E-state index is 13.4. The van der Waals surface area contributed by atoms with Crippen LogP contribution in [0.5, 0.6) is 5.75 Å². The molecule has 0 spiro atoms. The summed E-state index contributed by atoms with van der Waals surface area (Å²) in [5.74, 6) is 1.98. The van der Waals surface area contributed by atoms with E-state index in [1.165, 1.54) is 16.1 Å². The van der Waals surface area contributed by atoms with Gasteiger partial charge in [-0.25, -0.2) is 9.19 Å². The van der Waals surface area contributed by atoms with E-state index in [9.17, 15) is 9.00 Å². The van der Waals surface area contributed by atoms with E-state index in [4.69, 9.17) is 21.3 Å². The quantitative estimate of drug-likeness (QED) is 0.290. The number of aromatic nitrogens is 1. The van der Waals surface area contributed by atoms with Gasteiger partial charge in [-0.2, -0.15) is 0 Å². The Labute approximate surface area is 272 Å². The molecule has 1 fully saturated rings. The van der Waals surface area contributed by atoms with E-state index in [1.54, 1.807) is 17.4 Å². The normalized spacial score (nSPS) is 29.9. The van der Waals surface area contributed by atoms with Crippen LogP contribution in [0.15, 0.2) is 60.1 Å². The van der Waals surface area contributed by atoms with E-state index in [0.29, 0.717) is 24.0 Å². The van der Waals surface area contributed by atoms with Crippen molar-refractivity contribution >= 4 is 45.5 Å². The van der Waals surface area contributed by atoms with Crippen LogP contribution in [0.4, 0.5) is 5.69 Å². The third kappa shape index (κ3) is 6.63. The van der Waals surface area contributed by atoms with Crippen LogP contribution in [0.1, 0.15) is 84.8 Å². The van der Waals surface area contributed by atoms with Crippen molar-refractivity contribution in [2.75, 3.05) is 24.6 Å². The van der Waals surface area contributed by atoms with Crippen LogP contribution < -0.4 is 14.4 Å². The maximum atomic E-state index is 13.4. The van der Waals surface area contributed by atoms with Crippen LogP contribution in [-0.4, -0.2) is 40.0 Å². The number of amides is 1. The molecule has 44 heavy (non-hydrogen) atoms. The molecule has 9 heteroatoms. The van der Waals surface area contributed by atoms with E-state index in [1.807, 2.05) is 31.3 Å². The van der Waals surface area contributed by atoms with Crippen LogP contribution >= 0.6 is 22.9 Å². The third-order valence-corrected chi connectivity index (χ3v) is 12.5. The van der Waals surface area contributed by atoms with Gasteiger partial charge in [0.25, 0.3) is 5.91 Å². The van der Waals surface area contributed by atoms with Crippen LogP contribution in [-0.2, 0) is 17.4 Å². The predicted octanol–water partition coefficient (Wildman–Crippen LogP) is 7.92. The number of hydrogen-bond donors (Lipinski definition) is 1. The number of hydrogen-bond acceptors (Lipinski definition) is 6. The van der Waals surface area contributed by atoms with Gasteiger partial charge in [0.15, 0.2) is 0 Å². The zero-order valence-electron chi connectivity index (χ0n) is 25.7. The monoisotopic (exact) mass is 651 g/mol. The molecular weight excluding hydrogens is 610 g/mol. The molecule has 1 amide bonds. The predicted molar refractivity (Wildman–Crippen MR) is 181 cm³/mol. The Bertz CT molecular complexity index is 1530. The fourth-order valence-corrected chi connectivity index (χ4v) is 8.93. The van der Waals surface area contributed by atoms with Gasteiger partial charge in [0.2, 0.25) is 0 Å². The summed E-state index contributed by atoms with van der Waals surface area (Å²) < 4.78 is 22.5. The Balaban J connectivity index is 1.40. The molecule has 0 saturated heterocycles. The van der Waals surface area contributed by atoms with Gasteiger partial charge < -0.3 is 9.64 Å². The summed E-state index contributed by atoms with van der Waals surface area (Å²) in [4.78, 5) is 20.6. The molecule has 2 aromatic carbocycles. The Morgan fingerprint density at radius 2 is 2.02 bits per heavy atom. The van der Waals surface area contributed by atoms with Gasteiger partial charge in [-0.3, -0.25) is 9.52 Å². The number of fused-ring (bicyclic) bond motifs is 2. The van der Waals surface area contributed by atoms with Crippen molar-refractivity contribution in [1.29, 1.82) is 0 Å². The summed E-state index contributed by atoms with van der Waals surface area (Å²) in [5, 5.41) is 3.81. The minimum atomic E-state index is -1.51. The van der Waals surface area contributed by atoms with Crippen LogP contribution in [0.2, 0.25) is 5.02 Å². The van der Waals surface area contributed by atoms with Crippen molar-refractivity contribution in [3.8, 4) is 5.75 Å². The highest BCUT2D eigenvalue weighted by Crippen LogP contribution is 2.47. The number of carbonyl (C=O) groups excluding carboxylic acids is 1. The summed E-state index contributed by atoms with van der Waals surface area (Å²) in [5.41, 5.74) is 3.98. The fraction of sp³-hybridized carbons (Fsp3) is 0.486. The van der Waals surface area contributed by atoms with Crippen molar-refractivity contribution < 1.29 is 13.7 Å². The van der Waals surface area contributed by atoms with E-state index < -0.39 is 11.0 Å². The number of nitrogens with one attached hydrogen (secondary N) is 1. The molecule has 3 aliphatic rings. The molecule has 0 radical (unpaired) electrons. The molecule has 1 aliphatic carbocycles. The first-order chi connectivity index (χ1) is 21.3. The average Bonchev–Trinajstić information content (AvgIpc) is 3.48. The number of ether oxygens (including phenoxy) is 1. The minimum Gasteiger partial charge on any atom is -0.491 e. The van der Waals surface area contributed by atoms with E-state index >= 15 is 0 Å². The molecule has 2 bridgehead atoms. The van der Waals surface area contributed by atoms with Crippen molar-refractivity contribution in [3.05, 3.63) is 86.8 Å². The lowest BCUT2D eigenvalue weighted by Gasteiger charge is -2.44. The SMILES string of the molecule is CCCc1cc(Cl)ccc1C1COc2ccc3cc2N(C1)CC1CCC1C(c1nccs1)/C=C/CC(C)C(C)S(=O)NC3=O. The highest BCUT2D eigenvalue weighted by molar-refractivity contribution is 7.84. The number of rotatable bonds is 4. The van der Waals surface area contributed by atoms with Crippen molar-refractivity contribution in [2.45, 2.75) is 70.0 Å². The first-order valence-corrected chi connectivity index (χ1v) is 18.4. The van der Waals surface area contributed by atoms with E-state index in [-0.39, 0.29) is 28.9 Å². The Kier molecular flexibility index (Phi) is 9.79. The molecule has 1 N–H and O–H groups in total. The van der Waals surface area contributed by atoms with Crippen molar-refractivity contribution in [1.82, 2.24) is 9.71 Å². The Hall–Kier alpha value is -2.68. The molecule has 6 nitrogen and oxygen atoms in total. The lowest BCUT2D eigenvalue weighted by Crippen LogP contribution is -2.42. The highest BCUT2D eigenvalue weighted by atomic mass is 35.5. The van der Waals surface area contributed by atoms with Crippen LogP contribution in [0, 0.1) is 17.8 Å². The van der Waals surface area contributed by atoms with Gasteiger partial charge in [-0.05, 0) is 91.8 Å². The van der Waals surface area contributed by atoms with Crippen molar-refractivity contribution in [2.24, 2.45) is 17.8 Å². The summed E-state index contributed by atoms with van der Waals surface area (Å²) in [6.07, 6.45) is 11.6. The molecule has 1 saturated carbocycles. The second-order valence-electron chi connectivity index (χ2n) is 12.7. The van der Waals surface area contributed by atoms with Gasteiger partial charge >= 0.3 is 0 Å². The van der Waals surface area contributed by atoms with E-state index in [0.717, 1.165) is 61.7 Å². The average molecular weight is 652 g/mol. The summed E-state index contributed by atoms with van der Waals surface area (Å²) in [6.45, 7) is 8.44. The standard InChI is InChI=1S/C35H42ClN3O3S2/c1-4-6-24-17-28(36)11-13-29(24)27-20-39-19-26-9-12-30(26)31(35-37-15-16-43-35)8-5-7-22(2)23(3)44(41)38-34(40)25-10-14-33(42-21-27)32(39)18-25/h5,8,10-11,13-18,22-23,26-27,30-31H,4,6-7,9,12,19-21H2,1-3H3,(H,38,40)/b8-5+. The molecular formula is C35H42ClN3O3S2. The molecule has 1 aromatic heterocycles. The topological polar surface area (TPSA) is 71.5 Å². The number of halogens is 1. The van der Waals surface area contributed by atoms with Gasteiger partial charge in [-0.1, -0.05) is 50.1 Å². The van der Waals surface area contributed by atoms with Gasteiger partial charge in [0.05, 0.1) is 22.6 Å². The number of carbonyl (C=O) groups is 1.